The van der Waals surface area contributed by atoms with E-state index in [1.807, 2.05) is 19.1 Å². The zero-order valence-electron chi connectivity index (χ0n) is 18.6. The number of amides is 1. The third-order valence-electron chi connectivity index (χ3n) is 5.27. The number of nitriles is 1. The number of likely N-dealkylation sites (N-methyl/N-ethyl adjacent to an activating group) is 1. The minimum absolute atomic E-state index is 0.00414. The molecule has 8 heteroatoms. The molecule has 0 radical (unpaired) electrons. The Morgan fingerprint density at radius 2 is 2.00 bits per heavy atom. The van der Waals surface area contributed by atoms with Crippen molar-refractivity contribution >= 4 is 23.4 Å². The summed E-state index contributed by atoms with van der Waals surface area (Å²) in [4.78, 5) is 23.2. The van der Waals surface area contributed by atoms with Crippen molar-refractivity contribution in [2.45, 2.75) is 38.6 Å². The van der Waals surface area contributed by atoms with Gasteiger partial charge in [0.1, 0.15) is 5.82 Å². The Kier molecular flexibility index (Phi) is 8.42. The number of nitrogens with zero attached hydrogens (tertiary/aromatic N) is 4. The number of anilines is 3. The number of unbranched alkanes of at least 4 members (excludes halogenated alkanes) is 1. The van der Waals surface area contributed by atoms with Crippen LogP contribution in [0.4, 0.5) is 17.5 Å². The molecule has 0 bridgehead atoms. The van der Waals surface area contributed by atoms with Gasteiger partial charge >= 0.3 is 0 Å². The maximum Gasteiger partial charge on any atom is 0.236 e. The third-order valence-corrected chi connectivity index (χ3v) is 5.27. The Bertz CT molecular complexity index is 1010. The van der Waals surface area contributed by atoms with Gasteiger partial charge in [-0.25, -0.2) is 4.98 Å². The molecule has 1 fully saturated rings. The number of aromatic nitrogens is 2. The first-order chi connectivity index (χ1) is 15.6. The third kappa shape index (κ3) is 6.44. The average molecular weight is 432 g/mol. The summed E-state index contributed by atoms with van der Waals surface area (Å²) in [6.45, 7) is 4.34. The smallest absolute Gasteiger partial charge is 0.236 e. The number of carbonyl (C=O) groups excluding carboxylic acids is 1. The summed E-state index contributed by atoms with van der Waals surface area (Å²) >= 11 is 0. The molecule has 0 aliphatic carbocycles. The van der Waals surface area contributed by atoms with Crippen molar-refractivity contribution in [3.63, 3.8) is 0 Å². The minimum Gasteiger partial charge on any atom is -0.355 e. The molecule has 1 aromatic carbocycles. The van der Waals surface area contributed by atoms with Crippen LogP contribution in [0.2, 0.25) is 0 Å². The van der Waals surface area contributed by atoms with Crippen LogP contribution >= 0.6 is 0 Å². The highest BCUT2D eigenvalue weighted by atomic mass is 16.2. The van der Waals surface area contributed by atoms with Gasteiger partial charge < -0.3 is 20.9 Å². The predicted octanol–water partition coefficient (Wildman–Crippen LogP) is 2.55. The van der Waals surface area contributed by atoms with Gasteiger partial charge in [0, 0.05) is 31.7 Å². The number of carbonyl (C=O) groups is 1. The summed E-state index contributed by atoms with van der Waals surface area (Å²) in [6.07, 6.45) is 5.50. The van der Waals surface area contributed by atoms with Crippen LogP contribution in [0.25, 0.3) is 0 Å². The van der Waals surface area contributed by atoms with E-state index in [1.165, 1.54) is 0 Å². The van der Waals surface area contributed by atoms with Gasteiger partial charge in [0.15, 0.2) is 0 Å². The average Bonchev–Trinajstić information content (AvgIpc) is 3.36. The zero-order valence-corrected chi connectivity index (χ0v) is 18.6. The molecular weight excluding hydrogens is 402 g/mol. The SMILES string of the molecule is CNC(C)C(=O)NCCCC#Cc1cnc(Nc2ccc(C#N)cc2)nc1N1CCCC1. The van der Waals surface area contributed by atoms with Crippen molar-refractivity contribution in [1.82, 2.24) is 20.6 Å². The second kappa shape index (κ2) is 11.7. The van der Waals surface area contributed by atoms with Gasteiger partial charge in [-0.3, -0.25) is 4.79 Å². The van der Waals surface area contributed by atoms with E-state index >= 15 is 0 Å². The maximum absolute atomic E-state index is 11.8. The fourth-order valence-corrected chi connectivity index (χ4v) is 3.28. The van der Waals surface area contributed by atoms with Crippen LogP contribution < -0.4 is 20.9 Å². The summed E-state index contributed by atoms with van der Waals surface area (Å²) < 4.78 is 0. The van der Waals surface area contributed by atoms with Gasteiger partial charge in [-0.05, 0) is 57.5 Å². The van der Waals surface area contributed by atoms with Gasteiger partial charge in [-0.15, -0.1) is 0 Å². The van der Waals surface area contributed by atoms with E-state index in [4.69, 9.17) is 10.2 Å². The number of nitrogens with one attached hydrogen (secondary N) is 3. The molecule has 166 valence electrons. The highest BCUT2D eigenvalue weighted by molar-refractivity contribution is 5.81. The second-order valence-electron chi connectivity index (χ2n) is 7.65. The molecule has 2 aromatic rings. The quantitative estimate of drug-likeness (QED) is 0.436. The van der Waals surface area contributed by atoms with Crippen molar-refractivity contribution in [3.05, 3.63) is 41.6 Å². The van der Waals surface area contributed by atoms with E-state index in [1.54, 1.807) is 25.4 Å². The molecule has 0 saturated carbocycles. The van der Waals surface area contributed by atoms with Gasteiger partial charge in [0.25, 0.3) is 0 Å². The maximum atomic E-state index is 11.8. The second-order valence-corrected chi connectivity index (χ2v) is 7.65. The largest absolute Gasteiger partial charge is 0.355 e. The predicted molar refractivity (Wildman–Crippen MR) is 126 cm³/mol. The van der Waals surface area contributed by atoms with Crippen LogP contribution in [0.1, 0.15) is 43.7 Å². The van der Waals surface area contributed by atoms with Crippen LogP contribution in [-0.4, -0.2) is 48.6 Å². The van der Waals surface area contributed by atoms with E-state index in [0.29, 0.717) is 24.5 Å². The van der Waals surface area contributed by atoms with Gasteiger partial charge in [0.2, 0.25) is 11.9 Å². The van der Waals surface area contributed by atoms with Gasteiger partial charge in [-0.2, -0.15) is 10.2 Å². The summed E-state index contributed by atoms with van der Waals surface area (Å²) in [5, 5.41) is 18.0. The van der Waals surface area contributed by atoms with E-state index in [2.05, 4.69) is 43.7 Å². The molecule has 1 saturated heterocycles. The molecular formula is C24H29N7O. The molecule has 1 aliphatic heterocycles. The number of hydrogen-bond donors (Lipinski definition) is 3. The summed E-state index contributed by atoms with van der Waals surface area (Å²) in [6, 6.07) is 9.10. The lowest BCUT2D eigenvalue weighted by molar-refractivity contribution is -0.122. The lowest BCUT2D eigenvalue weighted by Gasteiger charge is -2.18. The van der Waals surface area contributed by atoms with Crippen molar-refractivity contribution < 1.29 is 4.79 Å². The molecule has 1 unspecified atom stereocenters. The fraction of sp³-hybridized carbons (Fsp3) is 0.417. The Labute approximate surface area is 189 Å². The zero-order chi connectivity index (χ0) is 22.8. The lowest BCUT2D eigenvalue weighted by atomic mass is 10.2. The van der Waals surface area contributed by atoms with Crippen molar-refractivity contribution in [3.8, 4) is 17.9 Å². The van der Waals surface area contributed by atoms with E-state index in [-0.39, 0.29) is 11.9 Å². The van der Waals surface area contributed by atoms with Gasteiger partial charge in [-0.1, -0.05) is 11.8 Å². The highest BCUT2D eigenvalue weighted by Gasteiger charge is 2.18. The van der Waals surface area contributed by atoms with Crippen molar-refractivity contribution in [2.75, 3.05) is 36.9 Å². The topological polar surface area (TPSA) is 106 Å². The monoisotopic (exact) mass is 431 g/mol. The Hall–Kier alpha value is -3.62. The van der Waals surface area contributed by atoms with E-state index < -0.39 is 0 Å². The van der Waals surface area contributed by atoms with Crippen LogP contribution in [0.5, 0.6) is 0 Å². The number of benzene rings is 1. The first kappa shape index (κ1) is 23.1. The van der Waals surface area contributed by atoms with Crippen LogP contribution in [0.15, 0.2) is 30.5 Å². The highest BCUT2D eigenvalue weighted by Crippen LogP contribution is 2.24. The Morgan fingerprint density at radius 3 is 2.69 bits per heavy atom. The fourth-order valence-electron chi connectivity index (χ4n) is 3.28. The summed E-state index contributed by atoms with van der Waals surface area (Å²) in [5.74, 6) is 7.75. The molecule has 1 atom stereocenters. The van der Waals surface area contributed by atoms with Crippen LogP contribution in [-0.2, 0) is 4.79 Å². The van der Waals surface area contributed by atoms with Crippen LogP contribution in [0, 0.1) is 23.2 Å². The molecule has 1 amide bonds. The standard InChI is InChI=1S/C24H29N7O/c1-18(26-2)23(32)27-13-5-3-4-8-20-17-28-24(30-22(20)31-14-6-7-15-31)29-21-11-9-19(16-25)10-12-21/h9-12,17-18,26H,3,5-7,13-15H2,1-2H3,(H,27,32)(H,28,29,30). The molecule has 1 aliphatic rings. The molecule has 32 heavy (non-hydrogen) atoms. The van der Waals surface area contributed by atoms with E-state index in [9.17, 15) is 4.79 Å². The molecule has 8 nitrogen and oxygen atoms in total. The Morgan fingerprint density at radius 1 is 1.25 bits per heavy atom. The number of hydrogen-bond acceptors (Lipinski definition) is 7. The summed E-state index contributed by atoms with van der Waals surface area (Å²) in [5.41, 5.74) is 2.24. The molecule has 2 heterocycles. The first-order valence-corrected chi connectivity index (χ1v) is 10.9. The molecule has 3 N–H and O–H groups in total. The molecule has 1 aromatic heterocycles. The van der Waals surface area contributed by atoms with Crippen LogP contribution in [0.3, 0.4) is 0 Å². The normalized spacial score (nSPS) is 13.6. The van der Waals surface area contributed by atoms with Crippen molar-refractivity contribution in [2.24, 2.45) is 0 Å². The number of rotatable bonds is 8. The van der Waals surface area contributed by atoms with Crippen molar-refractivity contribution in [1.29, 1.82) is 5.26 Å². The van der Waals surface area contributed by atoms with E-state index in [0.717, 1.165) is 49.4 Å². The summed E-state index contributed by atoms with van der Waals surface area (Å²) in [7, 11) is 1.76. The molecule has 3 rings (SSSR count). The van der Waals surface area contributed by atoms with Gasteiger partial charge in [0.05, 0.1) is 29.4 Å². The Balaban J connectivity index is 1.64. The minimum atomic E-state index is -0.197. The first-order valence-electron chi connectivity index (χ1n) is 10.9. The molecule has 0 spiro atoms. The lowest BCUT2D eigenvalue weighted by Crippen LogP contribution is -2.40.